The molecule has 1 saturated carbocycles. The van der Waals surface area contributed by atoms with Gasteiger partial charge in [0, 0.05) is 36.9 Å². The van der Waals surface area contributed by atoms with Gasteiger partial charge in [0.05, 0.1) is 11.7 Å². The van der Waals surface area contributed by atoms with E-state index in [1.54, 1.807) is 4.90 Å². The van der Waals surface area contributed by atoms with E-state index in [2.05, 4.69) is 0 Å². The highest BCUT2D eigenvalue weighted by molar-refractivity contribution is 5.96. The standard InChI is InChI=1S/C16H19F2NO3/c17-16(18)9-15(16)4-6-19(7-5-15)14(21)10-8-22-12-3-1-2-11(20)13(10)12/h8,11,20H,1-7,9H2. The van der Waals surface area contributed by atoms with Gasteiger partial charge >= 0.3 is 0 Å². The summed E-state index contributed by atoms with van der Waals surface area (Å²) in [4.78, 5) is 14.3. The normalized spacial score (nSPS) is 28.5. The van der Waals surface area contributed by atoms with E-state index in [9.17, 15) is 18.7 Å². The highest BCUT2D eigenvalue weighted by Gasteiger charge is 2.70. The Morgan fingerprint density at radius 2 is 2.05 bits per heavy atom. The number of piperidine rings is 1. The Morgan fingerprint density at radius 3 is 2.68 bits per heavy atom. The average molecular weight is 311 g/mol. The number of aliphatic hydroxyl groups is 1. The molecular formula is C16H19F2NO3. The van der Waals surface area contributed by atoms with E-state index in [4.69, 9.17) is 4.42 Å². The van der Waals surface area contributed by atoms with Crippen molar-refractivity contribution >= 4 is 5.91 Å². The molecule has 22 heavy (non-hydrogen) atoms. The molecule has 6 heteroatoms. The summed E-state index contributed by atoms with van der Waals surface area (Å²) in [5, 5.41) is 10.1. The molecule has 2 heterocycles. The highest BCUT2D eigenvalue weighted by atomic mass is 19.3. The van der Waals surface area contributed by atoms with Crippen LogP contribution in [-0.2, 0) is 6.42 Å². The fourth-order valence-electron chi connectivity index (χ4n) is 3.96. The molecule has 1 aromatic rings. The molecule has 2 aliphatic carbocycles. The molecule has 2 fully saturated rings. The quantitative estimate of drug-likeness (QED) is 0.867. The van der Waals surface area contributed by atoms with Crippen LogP contribution in [0.4, 0.5) is 8.78 Å². The number of furan rings is 1. The third-order valence-electron chi connectivity index (χ3n) is 5.57. The molecule has 0 aromatic carbocycles. The van der Waals surface area contributed by atoms with Crippen LogP contribution in [0.2, 0.25) is 0 Å². The number of nitrogens with zero attached hydrogens (tertiary/aromatic N) is 1. The van der Waals surface area contributed by atoms with Crippen LogP contribution in [0, 0.1) is 5.41 Å². The van der Waals surface area contributed by atoms with Gasteiger partial charge in [-0.1, -0.05) is 0 Å². The van der Waals surface area contributed by atoms with Crippen molar-refractivity contribution in [3.05, 3.63) is 23.2 Å². The molecule has 0 radical (unpaired) electrons. The molecule has 120 valence electrons. The van der Waals surface area contributed by atoms with Crippen LogP contribution >= 0.6 is 0 Å². The zero-order valence-corrected chi connectivity index (χ0v) is 12.3. The number of hydrogen-bond acceptors (Lipinski definition) is 3. The molecule has 4 nitrogen and oxygen atoms in total. The number of hydrogen-bond donors (Lipinski definition) is 1. The van der Waals surface area contributed by atoms with E-state index in [0.717, 1.165) is 12.8 Å². The van der Waals surface area contributed by atoms with Crippen molar-refractivity contribution in [2.45, 2.75) is 50.6 Å². The molecule has 1 aromatic heterocycles. The van der Waals surface area contributed by atoms with Crippen LogP contribution in [0.5, 0.6) is 0 Å². The molecule has 3 aliphatic rings. The van der Waals surface area contributed by atoms with Crippen LogP contribution in [-0.4, -0.2) is 34.9 Å². The maximum absolute atomic E-state index is 13.4. The molecule has 1 saturated heterocycles. The number of aliphatic hydroxyl groups excluding tert-OH is 1. The summed E-state index contributed by atoms with van der Waals surface area (Å²) in [6.07, 6.45) is 3.63. The van der Waals surface area contributed by atoms with Gasteiger partial charge in [0.15, 0.2) is 0 Å². The minimum atomic E-state index is -2.55. The molecule has 1 aliphatic heterocycles. The second kappa shape index (κ2) is 4.54. The van der Waals surface area contributed by atoms with Crippen LogP contribution in [0.3, 0.4) is 0 Å². The second-order valence-corrected chi connectivity index (χ2v) is 6.85. The predicted octanol–water partition coefficient (Wildman–Crippen LogP) is 2.91. The Hall–Kier alpha value is -1.43. The van der Waals surface area contributed by atoms with Gasteiger partial charge in [-0.3, -0.25) is 4.79 Å². The zero-order chi connectivity index (χ0) is 15.5. The number of alkyl halides is 2. The van der Waals surface area contributed by atoms with E-state index >= 15 is 0 Å². The van der Waals surface area contributed by atoms with Gasteiger partial charge in [0.1, 0.15) is 12.0 Å². The number of likely N-dealkylation sites (tertiary alicyclic amines) is 1. The Bertz CT molecular complexity index is 617. The largest absolute Gasteiger partial charge is 0.468 e. The van der Waals surface area contributed by atoms with E-state index in [-0.39, 0.29) is 12.3 Å². The van der Waals surface area contributed by atoms with Crippen LogP contribution in [0.15, 0.2) is 10.7 Å². The average Bonchev–Trinajstić information content (AvgIpc) is 2.86. The minimum Gasteiger partial charge on any atom is -0.468 e. The summed E-state index contributed by atoms with van der Waals surface area (Å²) in [6.45, 7) is 0.703. The molecule has 1 spiro atoms. The zero-order valence-electron chi connectivity index (χ0n) is 12.3. The lowest BCUT2D eigenvalue weighted by molar-refractivity contribution is 0.0282. The number of fused-ring (bicyclic) bond motifs is 1. The maximum atomic E-state index is 13.4. The summed E-state index contributed by atoms with van der Waals surface area (Å²) in [5.41, 5.74) is 0.146. The summed E-state index contributed by atoms with van der Waals surface area (Å²) >= 11 is 0. The summed E-state index contributed by atoms with van der Waals surface area (Å²) in [7, 11) is 0. The first-order valence-corrected chi connectivity index (χ1v) is 7.89. The number of halogens is 2. The number of aryl methyl sites for hydroxylation is 1. The Kier molecular flexibility index (Phi) is 2.92. The Morgan fingerprint density at radius 1 is 1.36 bits per heavy atom. The number of carbonyl (C=O) groups excluding carboxylic acids is 1. The maximum Gasteiger partial charge on any atom is 0.257 e. The monoisotopic (exact) mass is 311 g/mol. The van der Waals surface area contributed by atoms with E-state index in [1.807, 2.05) is 0 Å². The first-order chi connectivity index (χ1) is 10.4. The number of amides is 1. The lowest BCUT2D eigenvalue weighted by Gasteiger charge is -2.32. The molecule has 1 N–H and O–H groups in total. The topological polar surface area (TPSA) is 53.7 Å². The molecular weight excluding hydrogens is 292 g/mol. The van der Waals surface area contributed by atoms with Crippen molar-refractivity contribution in [2.75, 3.05) is 13.1 Å². The first kappa shape index (κ1) is 14.2. The lowest BCUT2D eigenvalue weighted by atomic mass is 9.90. The molecule has 0 bridgehead atoms. The minimum absolute atomic E-state index is 0.0398. The van der Waals surface area contributed by atoms with Crippen LogP contribution < -0.4 is 0 Å². The van der Waals surface area contributed by atoms with Gasteiger partial charge in [0.2, 0.25) is 0 Å². The summed E-state index contributed by atoms with van der Waals surface area (Å²) in [6, 6.07) is 0. The Balaban J connectivity index is 1.51. The number of carbonyl (C=O) groups is 1. The summed E-state index contributed by atoms with van der Waals surface area (Å²) < 4.78 is 32.2. The number of rotatable bonds is 1. The lowest BCUT2D eigenvalue weighted by Crippen LogP contribution is -2.40. The van der Waals surface area contributed by atoms with Gasteiger partial charge in [-0.05, 0) is 25.7 Å². The second-order valence-electron chi connectivity index (χ2n) is 6.85. The predicted molar refractivity (Wildman–Crippen MR) is 73.7 cm³/mol. The molecule has 1 amide bonds. The van der Waals surface area contributed by atoms with E-state index in [1.165, 1.54) is 6.26 Å². The molecule has 4 rings (SSSR count). The van der Waals surface area contributed by atoms with Gasteiger partial charge in [0.25, 0.3) is 11.8 Å². The van der Waals surface area contributed by atoms with Gasteiger partial charge in [-0.25, -0.2) is 8.78 Å². The van der Waals surface area contributed by atoms with Crippen molar-refractivity contribution in [1.29, 1.82) is 0 Å². The molecule has 1 unspecified atom stereocenters. The van der Waals surface area contributed by atoms with Crippen molar-refractivity contribution < 1.29 is 23.1 Å². The van der Waals surface area contributed by atoms with Gasteiger partial charge < -0.3 is 14.4 Å². The van der Waals surface area contributed by atoms with Crippen molar-refractivity contribution in [1.82, 2.24) is 4.90 Å². The van der Waals surface area contributed by atoms with Crippen molar-refractivity contribution in [3.63, 3.8) is 0 Å². The van der Waals surface area contributed by atoms with Gasteiger partial charge in [-0.2, -0.15) is 0 Å². The first-order valence-electron chi connectivity index (χ1n) is 7.89. The highest BCUT2D eigenvalue weighted by Crippen LogP contribution is 2.65. The fourth-order valence-corrected chi connectivity index (χ4v) is 3.96. The molecule has 1 atom stereocenters. The van der Waals surface area contributed by atoms with E-state index < -0.39 is 17.4 Å². The SMILES string of the molecule is O=C(c1coc2c1C(O)CCC2)N1CCC2(CC1)CC2(F)F. The Labute approximate surface area is 127 Å². The van der Waals surface area contributed by atoms with Crippen LogP contribution in [0.1, 0.15) is 59.9 Å². The van der Waals surface area contributed by atoms with Crippen molar-refractivity contribution in [3.8, 4) is 0 Å². The van der Waals surface area contributed by atoms with E-state index in [0.29, 0.717) is 49.2 Å². The summed E-state index contributed by atoms with van der Waals surface area (Å²) in [5.74, 6) is -2.07. The van der Waals surface area contributed by atoms with Crippen molar-refractivity contribution in [2.24, 2.45) is 5.41 Å². The fraction of sp³-hybridized carbons (Fsp3) is 0.688. The van der Waals surface area contributed by atoms with Gasteiger partial charge in [-0.15, -0.1) is 0 Å². The third-order valence-corrected chi connectivity index (χ3v) is 5.57. The van der Waals surface area contributed by atoms with Crippen LogP contribution in [0.25, 0.3) is 0 Å². The smallest absolute Gasteiger partial charge is 0.257 e. The third kappa shape index (κ3) is 1.93.